The number of aromatic nitrogens is 1. The summed E-state index contributed by atoms with van der Waals surface area (Å²) in [4.78, 5) is 2.58. The first-order chi connectivity index (χ1) is 27.7. The Morgan fingerprint density at radius 3 is 1.98 bits per heavy atom. The monoisotopic (exact) mass is 714 g/mol. The van der Waals surface area contributed by atoms with Gasteiger partial charge in [-0.15, -0.1) is 0 Å². The van der Waals surface area contributed by atoms with Crippen molar-refractivity contribution in [2.24, 2.45) is 0 Å². The fourth-order valence-corrected chi connectivity index (χ4v) is 10.8. The van der Waals surface area contributed by atoms with Gasteiger partial charge < -0.3 is 14.2 Å². The van der Waals surface area contributed by atoms with E-state index >= 15 is 0 Å². The highest BCUT2D eigenvalue weighted by Gasteiger charge is 2.57. The number of ether oxygens (including phenoxy) is 1. The van der Waals surface area contributed by atoms with Crippen molar-refractivity contribution in [1.29, 1.82) is 0 Å². The first kappa shape index (κ1) is 30.3. The Balaban J connectivity index is 1.11. The van der Waals surface area contributed by atoms with Crippen LogP contribution in [0.2, 0.25) is 0 Å². The van der Waals surface area contributed by atoms with E-state index in [0.29, 0.717) is 0 Å². The van der Waals surface area contributed by atoms with Gasteiger partial charge >= 0.3 is 0 Å². The molecule has 0 saturated heterocycles. The smallest absolute Gasteiger partial charge is 0.157 e. The molecule has 2 aliphatic carbocycles. The van der Waals surface area contributed by atoms with Gasteiger partial charge in [0.1, 0.15) is 11.8 Å². The van der Waals surface area contributed by atoms with Crippen LogP contribution in [0.3, 0.4) is 0 Å². The molecule has 0 N–H and O–H groups in total. The van der Waals surface area contributed by atoms with Gasteiger partial charge in [-0.25, -0.2) is 0 Å². The zero-order valence-corrected chi connectivity index (χ0v) is 30.7. The highest BCUT2D eigenvalue weighted by Crippen LogP contribution is 2.56. The minimum Gasteiger partial charge on any atom is -0.480 e. The summed E-state index contributed by atoms with van der Waals surface area (Å²) < 4.78 is 9.85. The van der Waals surface area contributed by atoms with Crippen LogP contribution in [0, 0.1) is 0 Å². The third kappa shape index (κ3) is 3.72. The fraction of sp³-hybridized carbons (Fsp3) is 0.0566. The van der Waals surface area contributed by atoms with Crippen molar-refractivity contribution >= 4 is 44.2 Å². The molecule has 4 aliphatic rings. The van der Waals surface area contributed by atoms with Crippen molar-refractivity contribution in [2.45, 2.75) is 18.6 Å². The molecule has 3 heteroatoms. The summed E-state index contributed by atoms with van der Waals surface area (Å²) in [5, 5.41) is 6.38. The maximum atomic E-state index is 7.34. The lowest BCUT2D eigenvalue weighted by Crippen LogP contribution is -2.58. The molecule has 0 bridgehead atoms. The maximum absolute atomic E-state index is 7.34. The van der Waals surface area contributed by atoms with Crippen molar-refractivity contribution < 1.29 is 4.74 Å². The van der Waals surface area contributed by atoms with Gasteiger partial charge in [0.2, 0.25) is 0 Å². The molecule has 8 aromatic carbocycles. The number of fused-ring (bicyclic) bond motifs is 13. The zero-order valence-electron chi connectivity index (χ0n) is 30.7. The van der Waals surface area contributed by atoms with E-state index < -0.39 is 5.60 Å². The number of anilines is 2. The molecule has 0 saturated carbocycles. The normalized spacial score (nSPS) is 18.0. The predicted molar refractivity (Wildman–Crippen MR) is 229 cm³/mol. The zero-order chi connectivity index (χ0) is 36.7. The molecule has 9 aromatic rings. The van der Waals surface area contributed by atoms with E-state index in [1.807, 2.05) is 0 Å². The van der Waals surface area contributed by atoms with Crippen LogP contribution in [0.1, 0.15) is 18.1 Å². The fourth-order valence-electron chi connectivity index (χ4n) is 10.8. The van der Waals surface area contributed by atoms with Gasteiger partial charge in [-0.05, 0) is 93.5 Å². The lowest BCUT2D eigenvalue weighted by molar-refractivity contribution is 0.155. The maximum Gasteiger partial charge on any atom is 0.157 e. The van der Waals surface area contributed by atoms with Crippen LogP contribution in [0.4, 0.5) is 11.4 Å². The Hall–Kier alpha value is -7.10. The Morgan fingerprint density at radius 2 is 1.12 bits per heavy atom. The number of rotatable bonds is 3. The third-order valence-corrected chi connectivity index (χ3v) is 12.9. The van der Waals surface area contributed by atoms with E-state index in [2.05, 4.69) is 198 Å². The van der Waals surface area contributed by atoms with Gasteiger partial charge in [0, 0.05) is 49.9 Å². The molecule has 56 heavy (non-hydrogen) atoms. The molecular weight excluding hydrogens is 681 g/mol. The summed E-state index contributed by atoms with van der Waals surface area (Å²) in [5.41, 5.74) is 16.7. The van der Waals surface area contributed by atoms with Gasteiger partial charge in [-0.2, -0.15) is 0 Å². The van der Waals surface area contributed by atoms with Crippen molar-refractivity contribution in [3.05, 3.63) is 204 Å². The molecule has 3 heterocycles. The van der Waals surface area contributed by atoms with Crippen LogP contribution in [-0.4, -0.2) is 16.2 Å². The molecule has 262 valence electrons. The molecule has 0 spiro atoms. The van der Waals surface area contributed by atoms with Crippen molar-refractivity contribution in [3.63, 3.8) is 0 Å². The molecule has 1 aromatic heterocycles. The Morgan fingerprint density at radius 1 is 0.500 bits per heavy atom. The molecule has 0 amide bonds. The minimum atomic E-state index is -0.694. The average molecular weight is 715 g/mol. The second kappa shape index (κ2) is 10.8. The molecule has 2 unspecified atom stereocenters. The largest absolute Gasteiger partial charge is 0.480 e. The molecule has 13 rings (SSSR count). The summed E-state index contributed by atoms with van der Waals surface area (Å²) in [7, 11) is 0. The van der Waals surface area contributed by atoms with Crippen LogP contribution in [-0.2, 0) is 0 Å². The second-order valence-corrected chi connectivity index (χ2v) is 15.7. The van der Waals surface area contributed by atoms with Gasteiger partial charge in [-0.1, -0.05) is 140 Å². The van der Waals surface area contributed by atoms with Crippen LogP contribution in [0.5, 0.6) is 5.75 Å². The highest BCUT2D eigenvalue weighted by atomic mass is 16.5. The quantitative estimate of drug-likeness (QED) is 0.181. The SMILES string of the molecule is CC12Oc3ccccc3C1=c1c(n(-c3ccccc3)c3ccccc13)=C1c3ccccc3N(c3cccc(-c4ccc5c6c(cccc46)-c4ccccc4-5)c3)C12. The van der Waals surface area contributed by atoms with Gasteiger partial charge in [-0.3, -0.25) is 0 Å². The summed E-state index contributed by atoms with van der Waals surface area (Å²) in [5.74, 6) is 0.937. The van der Waals surface area contributed by atoms with Crippen molar-refractivity contribution in [1.82, 2.24) is 4.57 Å². The lowest BCUT2D eigenvalue weighted by atomic mass is 9.76. The predicted octanol–water partition coefficient (Wildman–Crippen LogP) is 11.2. The number of benzene rings is 8. The lowest BCUT2D eigenvalue weighted by Gasteiger charge is -2.41. The van der Waals surface area contributed by atoms with Crippen molar-refractivity contribution in [2.75, 3.05) is 4.90 Å². The molecule has 2 aliphatic heterocycles. The number of nitrogens with zero attached hydrogens (tertiary/aromatic N) is 2. The standard InChI is InChI=1S/C53H34N2O/c1-53-50(43-23-9-12-28-46(43)56-53)48-41-21-7-10-26-44(41)54(33-16-3-2-4-17-33)51(48)49-42-22-8-11-27-45(42)55(52(49)53)34-18-13-15-32(31-34)35-29-30-40-37-20-6-5-19-36(37)39-25-14-24-38(35)47(39)40/h2-31,52H,1H3. The first-order valence-corrected chi connectivity index (χ1v) is 19.6. The van der Waals surface area contributed by atoms with E-state index in [4.69, 9.17) is 4.74 Å². The number of hydrogen-bond donors (Lipinski definition) is 0. The second-order valence-electron chi connectivity index (χ2n) is 15.7. The van der Waals surface area contributed by atoms with Crippen LogP contribution < -0.4 is 20.2 Å². The molecular formula is C53H34N2O. The van der Waals surface area contributed by atoms with Gasteiger partial charge in [0.25, 0.3) is 0 Å². The van der Waals surface area contributed by atoms with E-state index in [1.54, 1.807) is 0 Å². The third-order valence-electron chi connectivity index (χ3n) is 12.9. The molecule has 0 radical (unpaired) electrons. The van der Waals surface area contributed by atoms with Crippen LogP contribution in [0.25, 0.3) is 71.9 Å². The van der Waals surface area contributed by atoms with E-state index in [-0.39, 0.29) is 6.04 Å². The Bertz CT molecular complexity index is 3290. The van der Waals surface area contributed by atoms with Crippen molar-refractivity contribution in [3.8, 4) is 44.8 Å². The Kier molecular flexibility index (Phi) is 5.82. The molecule has 0 fully saturated rings. The van der Waals surface area contributed by atoms with E-state index in [0.717, 1.165) is 17.1 Å². The summed E-state index contributed by atoms with van der Waals surface area (Å²) >= 11 is 0. The summed E-state index contributed by atoms with van der Waals surface area (Å²) in [6.45, 7) is 2.33. The topological polar surface area (TPSA) is 17.4 Å². The minimum absolute atomic E-state index is 0.154. The van der Waals surface area contributed by atoms with Gasteiger partial charge in [0.05, 0.1) is 10.9 Å². The summed E-state index contributed by atoms with van der Waals surface area (Å²) in [6, 6.07) is 66.7. The Labute approximate surface area is 324 Å². The van der Waals surface area contributed by atoms with Crippen LogP contribution in [0.15, 0.2) is 182 Å². The van der Waals surface area contributed by atoms with Gasteiger partial charge in [0.15, 0.2) is 5.60 Å². The van der Waals surface area contributed by atoms with E-state index in [1.165, 1.54) is 93.6 Å². The average Bonchev–Trinajstić information content (AvgIpc) is 3.97. The highest BCUT2D eigenvalue weighted by molar-refractivity contribution is 6.18. The number of para-hydroxylation sites is 4. The molecule has 2 atom stereocenters. The first-order valence-electron chi connectivity index (χ1n) is 19.6. The summed E-state index contributed by atoms with van der Waals surface area (Å²) in [6.07, 6.45) is 0. The van der Waals surface area contributed by atoms with E-state index in [9.17, 15) is 0 Å². The molecule has 3 nitrogen and oxygen atoms in total. The number of hydrogen-bond acceptors (Lipinski definition) is 2. The van der Waals surface area contributed by atoms with Crippen LogP contribution >= 0.6 is 0 Å².